The van der Waals surface area contributed by atoms with E-state index in [-0.39, 0.29) is 11.9 Å². The third-order valence-electron chi connectivity index (χ3n) is 3.76. The molecule has 0 unspecified atom stereocenters. The molecule has 0 spiro atoms. The molecule has 3 aromatic rings. The number of benzene rings is 2. The molecule has 0 aliphatic heterocycles. The lowest BCUT2D eigenvalue weighted by Gasteiger charge is -2.16. The number of pyridine rings is 1. The van der Waals surface area contributed by atoms with Gasteiger partial charge in [0.1, 0.15) is 5.69 Å². The molecule has 1 amide bonds. The first-order chi connectivity index (χ1) is 10.6. The molecule has 3 heteroatoms. The van der Waals surface area contributed by atoms with Crippen molar-refractivity contribution in [3.8, 4) is 0 Å². The monoisotopic (exact) mass is 290 g/mol. The van der Waals surface area contributed by atoms with E-state index in [9.17, 15) is 4.79 Å². The number of carbonyl (C=O) groups is 1. The van der Waals surface area contributed by atoms with Crippen LogP contribution in [0.15, 0.2) is 60.7 Å². The van der Waals surface area contributed by atoms with Crippen LogP contribution >= 0.6 is 0 Å². The van der Waals surface area contributed by atoms with E-state index in [1.54, 1.807) is 6.07 Å². The van der Waals surface area contributed by atoms with Crippen molar-refractivity contribution < 1.29 is 4.79 Å². The maximum absolute atomic E-state index is 12.3. The van der Waals surface area contributed by atoms with Crippen LogP contribution in [0.25, 0.3) is 10.8 Å². The number of fused-ring (bicyclic) bond motifs is 1. The SMILES string of the molecule is Cc1cccc(C(=O)N[C@@H](C)c2cccc3ccccc23)n1. The van der Waals surface area contributed by atoms with Gasteiger partial charge in [0.15, 0.2) is 0 Å². The number of aromatic nitrogens is 1. The Morgan fingerprint density at radius 2 is 1.73 bits per heavy atom. The van der Waals surface area contributed by atoms with Crippen LogP contribution in [0.5, 0.6) is 0 Å². The highest BCUT2D eigenvalue weighted by molar-refractivity contribution is 5.93. The molecular formula is C19H18N2O. The lowest BCUT2D eigenvalue weighted by Crippen LogP contribution is -2.27. The Morgan fingerprint density at radius 3 is 2.55 bits per heavy atom. The largest absolute Gasteiger partial charge is 0.344 e. The smallest absolute Gasteiger partial charge is 0.270 e. The van der Waals surface area contributed by atoms with Crippen molar-refractivity contribution in [3.05, 3.63) is 77.6 Å². The van der Waals surface area contributed by atoms with Crippen molar-refractivity contribution in [3.63, 3.8) is 0 Å². The normalized spacial score (nSPS) is 12.1. The summed E-state index contributed by atoms with van der Waals surface area (Å²) in [4.78, 5) is 16.6. The van der Waals surface area contributed by atoms with Crippen LogP contribution in [0.3, 0.4) is 0 Å². The Morgan fingerprint density at radius 1 is 1.00 bits per heavy atom. The van der Waals surface area contributed by atoms with Crippen LogP contribution in [-0.4, -0.2) is 10.9 Å². The van der Waals surface area contributed by atoms with Crippen LogP contribution in [-0.2, 0) is 0 Å². The fourth-order valence-electron chi connectivity index (χ4n) is 2.65. The zero-order valence-electron chi connectivity index (χ0n) is 12.7. The molecule has 2 aromatic carbocycles. The average molecular weight is 290 g/mol. The molecule has 1 N–H and O–H groups in total. The van der Waals surface area contributed by atoms with Crippen molar-refractivity contribution >= 4 is 16.7 Å². The van der Waals surface area contributed by atoms with Crippen LogP contribution in [0.4, 0.5) is 0 Å². The van der Waals surface area contributed by atoms with E-state index >= 15 is 0 Å². The molecule has 110 valence electrons. The third-order valence-corrected chi connectivity index (χ3v) is 3.76. The summed E-state index contributed by atoms with van der Waals surface area (Å²) in [5, 5.41) is 5.37. The lowest BCUT2D eigenvalue weighted by molar-refractivity contribution is 0.0935. The zero-order valence-corrected chi connectivity index (χ0v) is 12.7. The summed E-state index contributed by atoms with van der Waals surface area (Å²) in [7, 11) is 0. The van der Waals surface area contributed by atoms with E-state index in [0.29, 0.717) is 5.69 Å². The molecule has 0 aliphatic carbocycles. The predicted octanol–water partition coefficient (Wildman–Crippen LogP) is 4.03. The maximum Gasteiger partial charge on any atom is 0.270 e. The van der Waals surface area contributed by atoms with Crippen LogP contribution in [0.1, 0.15) is 34.7 Å². The van der Waals surface area contributed by atoms with Crippen molar-refractivity contribution in [2.45, 2.75) is 19.9 Å². The lowest BCUT2D eigenvalue weighted by atomic mass is 9.99. The number of amides is 1. The van der Waals surface area contributed by atoms with E-state index < -0.39 is 0 Å². The Bertz CT molecular complexity index is 821. The van der Waals surface area contributed by atoms with Gasteiger partial charge in [0.05, 0.1) is 6.04 Å². The molecule has 1 aromatic heterocycles. The number of carbonyl (C=O) groups excluding carboxylic acids is 1. The predicted molar refractivity (Wildman–Crippen MR) is 88.8 cm³/mol. The highest BCUT2D eigenvalue weighted by Crippen LogP contribution is 2.24. The van der Waals surface area contributed by atoms with Gasteiger partial charge < -0.3 is 5.32 Å². The fraction of sp³-hybridized carbons (Fsp3) is 0.158. The molecule has 0 saturated carbocycles. The van der Waals surface area contributed by atoms with Gasteiger partial charge in [0.2, 0.25) is 0 Å². The minimum absolute atomic E-state index is 0.0825. The minimum Gasteiger partial charge on any atom is -0.344 e. The molecular weight excluding hydrogens is 272 g/mol. The maximum atomic E-state index is 12.3. The number of rotatable bonds is 3. The summed E-state index contributed by atoms with van der Waals surface area (Å²) >= 11 is 0. The van der Waals surface area contributed by atoms with Gasteiger partial charge in [-0.25, -0.2) is 4.98 Å². The number of hydrogen-bond donors (Lipinski definition) is 1. The quantitative estimate of drug-likeness (QED) is 0.791. The topological polar surface area (TPSA) is 42.0 Å². The summed E-state index contributed by atoms with van der Waals surface area (Å²) in [5.41, 5.74) is 2.40. The van der Waals surface area contributed by atoms with Crippen LogP contribution in [0, 0.1) is 6.92 Å². The molecule has 0 radical (unpaired) electrons. The van der Waals surface area contributed by atoms with E-state index in [1.165, 1.54) is 5.39 Å². The summed E-state index contributed by atoms with van der Waals surface area (Å²) in [6.45, 7) is 3.88. The molecule has 0 fully saturated rings. The van der Waals surface area contributed by atoms with Crippen molar-refractivity contribution in [2.24, 2.45) is 0 Å². The number of nitrogens with one attached hydrogen (secondary N) is 1. The molecule has 22 heavy (non-hydrogen) atoms. The summed E-state index contributed by atoms with van der Waals surface area (Å²) < 4.78 is 0. The number of hydrogen-bond acceptors (Lipinski definition) is 2. The van der Waals surface area contributed by atoms with Gasteiger partial charge in [-0.05, 0) is 42.3 Å². The number of nitrogens with zero attached hydrogens (tertiary/aromatic N) is 1. The van der Waals surface area contributed by atoms with Gasteiger partial charge >= 0.3 is 0 Å². The molecule has 1 atom stereocenters. The second-order valence-corrected chi connectivity index (χ2v) is 5.43. The van der Waals surface area contributed by atoms with Gasteiger partial charge in [-0.15, -0.1) is 0 Å². The second kappa shape index (κ2) is 5.98. The van der Waals surface area contributed by atoms with E-state index in [0.717, 1.165) is 16.6 Å². The molecule has 3 nitrogen and oxygen atoms in total. The molecule has 0 aliphatic rings. The second-order valence-electron chi connectivity index (χ2n) is 5.43. The number of aryl methyl sites for hydroxylation is 1. The van der Waals surface area contributed by atoms with E-state index in [1.807, 2.05) is 44.2 Å². The Labute approximate surface area is 130 Å². The van der Waals surface area contributed by atoms with Gasteiger partial charge in [-0.3, -0.25) is 4.79 Å². The van der Waals surface area contributed by atoms with Crippen molar-refractivity contribution in [1.29, 1.82) is 0 Å². The van der Waals surface area contributed by atoms with E-state index in [4.69, 9.17) is 0 Å². The molecule has 0 saturated heterocycles. The summed E-state index contributed by atoms with van der Waals surface area (Å²) in [5.74, 6) is -0.149. The summed E-state index contributed by atoms with van der Waals surface area (Å²) in [6.07, 6.45) is 0. The Hall–Kier alpha value is -2.68. The minimum atomic E-state index is -0.149. The van der Waals surface area contributed by atoms with Crippen LogP contribution < -0.4 is 5.32 Å². The summed E-state index contributed by atoms with van der Waals surface area (Å²) in [6, 6.07) is 19.7. The van der Waals surface area contributed by atoms with E-state index in [2.05, 4.69) is 34.6 Å². The third kappa shape index (κ3) is 2.84. The standard InChI is InChI=1S/C19H18N2O/c1-13-7-5-12-18(20-13)19(22)21-14(2)16-11-6-9-15-8-3-4-10-17(15)16/h3-12,14H,1-2H3,(H,21,22)/t14-/m0/s1. The van der Waals surface area contributed by atoms with Crippen molar-refractivity contribution in [1.82, 2.24) is 10.3 Å². The van der Waals surface area contributed by atoms with Crippen molar-refractivity contribution in [2.75, 3.05) is 0 Å². The Balaban J connectivity index is 1.87. The first-order valence-corrected chi connectivity index (χ1v) is 7.37. The van der Waals surface area contributed by atoms with Gasteiger partial charge in [-0.1, -0.05) is 48.5 Å². The first-order valence-electron chi connectivity index (χ1n) is 7.37. The highest BCUT2D eigenvalue weighted by Gasteiger charge is 2.14. The first kappa shape index (κ1) is 14.3. The molecule has 0 bridgehead atoms. The fourth-order valence-corrected chi connectivity index (χ4v) is 2.65. The molecule has 1 heterocycles. The average Bonchev–Trinajstić information content (AvgIpc) is 2.54. The van der Waals surface area contributed by atoms with Crippen LogP contribution in [0.2, 0.25) is 0 Å². The zero-order chi connectivity index (χ0) is 15.5. The molecule has 3 rings (SSSR count). The Kier molecular flexibility index (Phi) is 3.88. The van der Waals surface area contributed by atoms with Gasteiger partial charge in [0, 0.05) is 5.69 Å². The van der Waals surface area contributed by atoms with Gasteiger partial charge in [0.25, 0.3) is 5.91 Å². The van der Waals surface area contributed by atoms with Gasteiger partial charge in [-0.2, -0.15) is 0 Å². The highest BCUT2D eigenvalue weighted by atomic mass is 16.1.